The van der Waals surface area contributed by atoms with Gasteiger partial charge in [0.15, 0.2) is 5.69 Å². The van der Waals surface area contributed by atoms with Crippen molar-refractivity contribution in [2.24, 2.45) is 7.05 Å². The van der Waals surface area contributed by atoms with Crippen LogP contribution in [0.2, 0.25) is 5.02 Å². The van der Waals surface area contributed by atoms with Gasteiger partial charge >= 0.3 is 12.1 Å². The number of anilines is 1. The number of carbonyl (C=O) groups excluding carboxylic acids is 2. The van der Waals surface area contributed by atoms with Crippen LogP contribution in [0.25, 0.3) is 11.3 Å². The van der Waals surface area contributed by atoms with Gasteiger partial charge in [-0.25, -0.2) is 9.18 Å². The smallest absolute Gasteiger partial charge is 0.434 e. The van der Waals surface area contributed by atoms with Gasteiger partial charge in [-0.3, -0.25) is 9.48 Å². The lowest BCUT2D eigenvalue weighted by atomic mass is 10.0. The second kappa shape index (κ2) is 16.1. The Morgan fingerprint density at radius 3 is 2.32 bits per heavy atom. The third-order valence-corrected chi connectivity index (χ3v) is 7.60. The first-order valence-corrected chi connectivity index (χ1v) is 15.2. The van der Waals surface area contributed by atoms with E-state index in [1.165, 1.54) is 0 Å². The number of aromatic nitrogens is 2. The summed E-state index contributed by atoms with van der Waals surface area (Å²) in [4.78, 5) is 26.0. The number of amides is 1. The molecule has 0 spiro atoms. The largest absolute Gasteiger partial charge is 0.459 e. The molecule has 2 aromatic carbocycles. The lowest BCUT2D eigenvalue weighted by Crippen LogP contribution is -2.43. The summed E-state index contributed by atoms with van der Waals surface area (Å²) in [5.74, 6) is -1.84. The number of halogens is 7. The average molecular weight is 727 g/mol. The first-order chi connectivity index (χ1) is 20.5. The fraction of sp³-hybridized carbons (Fsp3) is 0.433. The molecule has 1 heterocycles. The third kappa shape index (κ3) is 8.95. The summed E-state index contributed by atoms with van der Waals surface area (Å²) in [6.45, 7) is 9.79. The molecule has 0 aliphatic carbocycles. The van der Waals surface area contributed by atoms with E-state index in [1.54, 1.807) is 25.9 Å². The van der Waals surface area contributed by atoms with Crippen molar-refractivity contribution < 1.29 is 36.6 Å². The fourth-order valence-corrected chi connectivity index (χ4v) is 5.59. The van der Waals surface area contributed by atoms with Gasteiger partial charge in [-0.15, -0.1) is 11.6 Å². The summed E-state index contributed by atoms with van der Waals surface area (Å²) in [5, 5.41) is 3.50. The lowest BCUT2D eigenvalue weighted by Gasteiger charge is -2.31. The molecule has 1 unspecified atom stereocenters. The second-order valence-electron chi connectivity index (χ2n) is 10.0. The van der Waals surface area contributed by atoms with Crippen molar-refractivity contribution in [1.29, 1.82) is 0 Å². The molecule has 3 rings (SSSR count). The van der Waals surface area contributed by atoms with E-state index in [1.807, 2.05) is 26.0 Å². The summed E-state index contributed by atoms with van der Waals surface area (Å²) < 4.78 is 63.8. The number of methoxy groups -OCH3 is 1. The molecule has 1 amide bonds. The van der Waals surface area contributed by atoms with E-state index in [-0.39, 0.29) is 39.7 Å². The van der Waals surface area contributed by atoms with Crippen molar-refractivity contribution in [3.63, 3.8) is 0 Å². The molecule has 0 aliphatic heterocycles. The molecule has 0 radical (unpaired) electrons. The quantitative estimate of drug-likeness (QED) is 0.126. The molecule has 7 nitrogen and oxygen atoms in total. The van der Waals surface area contributed by atoms with Crippen molar-refractivity contribution in [3.8, 4) is 11.3 Å². The standard InChI is InChI=1S/C15H12BrClF4N2O2.C15H22ClNO2/c1-6(2)25-14(24)7-4-8(10(18)5-9(7)17)12-11(16)13(15(19,20)21)23(3)22-12;1-5-13-8-6-7-11(2)15(13)17(14(18)9-16)12(3)10-19-4/h4-6H,1-3H3;6-8,12H,5,9-10H2,1-4H3. The number of ether oxygens (including phenoxy) is 2. The zero-order valence-electron chi connectivity index (χ0n) is 25.3. The van der Waals surface area contributed by atoms with Gasteiger partial charge in [0.1, 0.15) is 17.4 Å². The molecule has 14 heteroatoms. The Balaban J connectivity index is 0.000000319. The van der Waals surface area contributed by atoms with Gasteiger partial charge in [-0.2, -0.15) is 18.3 Å². The molecule has 44 heavy (non-hydrogen) atoms. The van der Waals surface area contributed by atoms with Crippen LogP contribution in [0.5, 0.6) is 0 Å². The number of esters is 1. The van der Waals surface area contributed by atoms with Gasteiger partial charge < -0.3 is 14.4 Å². The van der Waals surface area contributed by atoms with E-state index in [4.69, 9.17) is 32.7 Å². The molecule has 0 fully saturated rings. The number of benzene rings is 2. The third-order valence-electron chi connectivity index (χ3n) is 6.31. The number of aryl methyl sites for hydroxylation is 3. The number of hydrogen-bond donors (Lipinski definition) is 0. The Kier molecular flexibility index (Phi) is 13.7. The molecule has 1 aromatic heterocycles. The molecule has 1 atom stereocenters. The first-order valence-electron chi connectivity index (χ1n) is 13.4. The highest BCUT2D eigenvalue weighted by Crippen LogP contribution is 2.41. The number of nitrogens with zero attached hydrogens (tertiary/aromatic N) is 3. The number of hydrogen-bond acceptors (Lipinski definition) is 5. The average Bonchev–Trinajstić information content (AvgIpc) is 3.23. The predicted octanol–water partition coefficient (Wildman–Crippen LogP) is 8.39. The molecular formula is C30H34BrCl2F4N3O4. The van der Waals surface area contributed by atoms with Gasteiger partial charge in [0.2, 0.25) is 5.91 Å². The SMILES string of the molecule is CC(C)OC(=O)c1cc(-c2nn(C)c(C(F)(F)F)c2Br)c(F)cc1Cl.CCc1cccc(C)c1N(C(=O)CCl)C(C)COC. The molecule has 0 N–H and O–H groups in total. The van der Waals surface area contributed by atoms with E-state index in [0.717, 1.165) is 42.4 Å². The minimum absolute atomic E-state index is 0.0223. The normalized spacial score (nSPS) is 12.1. The maximum atomic E-state index is 14.3. The van der Waals surface area contributed by atoms with Crippen molar-refractivity contribution in [2.45, 2.75) is 59.4 Å². The Bertz CT molecular complexity index is 1480. The van der Waals surface area contributed by atoms with E-state index >= 15 is 0 Å². The summed E-state index contributed by atoms with van der Waals surface area (Å²) in [6, 6.07) is 7.90. The second-order valence-corrected chi connectivity index (χ2v) is 11.5. The summed E-state index contributed by atoms with van der Waals surface area (Å²) in [6.07, 6.45) is -4.26. The Hall–Kier alpha value is -2.67. The van der Waals surface area contributed by atoms with Crippen LogP contribution in [-0.4, -0.2) is 53.4 Å². The van der Waals surface area contributed by atoms with E-state index in [2.05, 4.69) is 34.0 Å². The molecule has 0 saturated carbocycles. The van der Waals surface area contributed by atoms with Gasteiger partial charge in [0.25, 0.3) is 0 Å². The number of carbonyl (C=O) groups is 2. The van der Waals surface area contributed by atoms with Crippen molar-refractivity contribution >= 4 is 56.7 Å². The molecule has 0 saturated heterocycles. The topological polar surface area (TPSA) is 73.7 Å². The molecule has 0 bridgehead atoms. The first kappa shape index (κ1) is 37.5. The maximum Gasteiger partial charge on any atom is 0.434 e. The highest BCUT2D eigenvalue weighted by Gasteiger charge is 2.39. The minimum atomic E-state index is -4.69. The van der Waals surface area contributed by atoms with Gasteiger partial charge in [-0.05, 0) is 73.3 Å². The van der Waals surface area contributed by atoms with Crippen LogP contribution in [0.1, 0.15) is 54.9 Å². The van der Waals surface area contributed by atoms with Crippen LogP contribution in [0.3, 0.4) is 0 Å². The number of rotatable bonds is 9. The summed E-state index contributed by atoms with van der Waals surface area (Å²) in [7, 11) is 2.72. The maximum absolute atomic E-state index is 14.3. The highest BCUT2D eigenvalue weighted by atomic mass is 79.9. The number of alkyl halides is 4. The monoisotopic (exact) mass is 725 g/mol. The van der Waals surface area contributed by atoms with Crippen LogP contribution in [0.4, 0.5) is 23.2 Å². The lowest BCUT2D eigenvalue weighted by molar-refractivity contribution is -0.144. The Morgan fingerprint density at radius 2 is 1.82 bits per heavy atom. The Labute approximate surface area is 272 Å². The highest BCUT2D eigenvalue weighted by molar-refractivity contribution is 9.10. The Morgan fingerprint density at radius 1 is 1.18 bits per heavy atom. The van der Waals surface area contributed by atoms with Crippen LogP contribution in [-0.2, 0) is 33.9 Å². The van der Waals surface area contributed by atoms with Gasteiger partial charge in [-0.1, -0.05) is 36.7 Å². The number of para-hydroxylation sites is 1. The zero-order valence-corrected chi connectivity index (χ0v) is 28.4. The van der Waals surface area contributed by atoms with Crippen LogP contribution < -0.4 is 4.90 Å². The molecular weight excluding hydrogens is 693 g/mol. The molecule has 3 aromatic rings. The van der Waals surface area contributed by atoms with Crippen LogP contribution in [0.15, 0.2) is 34.8 Å². The minimum Gasteiger partial charge on any atom is -0.459 e. The van der Waals surface area contributed by atoms with Crippen molar-refractivity contribution in [1.82, 2.24) is 9.78 Å². The van der Waals surface area contributed by atoms with Gasteiger partial charge in [0, 0.05) is 19.7 Å². The van der Waals surface area contributed by atoms with Gasteiger partial charge in [0.05, 0.1) is 39.5 Å². The fourth-order valence-electron chi connectivity index (χ4n) is 4.46. The molecule has 242 valence electrons. The van der Waals surface area contributed by atoms with E-state index < -0.39 is 34.2 Å². The molecule has 0 aliphatic rings. The van der Waals surface area contributed by atoms with Crippen molar-refractivity contribution in [2.75, 3.05) is 24.5 Å². The summed E-state index contributed by atoms with van der Waals surface area (Å²) >= 11 is 14.4. The van der Waals surface area contributed by atoms with Crippen molar-refractivity contribution in [3.05, 3.63) is 68.0 Å². The van der Waals surface area contributed by atoms with Crippen LogP contribution in [0, 0.1) is 12.7 Å². The van der Waals surface area contributed by atoms with Crippen LogP contribution >= 0.6 is 39.1 Å². The van der Waals surface area contributed by atoms with E-state index in [9.17, 15) is 27.2 Å². The summed E-state index contributed by atoms with van der Waals surface area (Å²) in [5.41, 5.74) is 1.35. The zero-order chi connectivity index (χ0) is 33.5. The predicted molar refractivity (Wildman–Crippen MR) is 167 cm³/mol. The van der Waals surface area contributed by atoms with E-state index in [0.29, 0.717) is 11.3 Å².